The van der Waals surface area contributed by atoms with Gasteiger partial charge >= 0.3 is 0 Å². The van der Waals surface area contributed by atoms with Crippen LogP contribution >= 0.6 is 7.82 Å². The average molecular weight is 1100 g/mol. The molecule has 0 aliphatic heterocycles. The number of aliphatic hydroxyl groups is 1. The molecule has 0 aromatic carbocycles. The van der Waals surface area contributed by atoms with Crippen molar-refractivity contribution in [2.24, 2.45) is 0 Å². The normalized spacial score (nSPS) is 14.2. The van der Waals surface area contributed by atoms with Gasteiger partial charge in [0.05, 0.1) is 39.9 Å². The zero-order valence-electron chi connectivity index (χ0n) is 51.4. The number of hydrogen-bond donors (Lipinski definition) is 2. The summed E-state index contributed by atoms with van der Waals surface area (Å²) in [6.07, 6.45) is 81.5. The summed E-state index contributed by atoms with van der Waals surface area (Å²) in [5.41, 5.74) is 0. The van der Waals surface area contributed by atoms with E-state index in [1.54, 1.807) is 6.08 Å². The number of amides is 1. The Bertz CT molecular complexity index is 1480. The lowest BCUT2D eigenvalue weighted by Gasteiger charge is -2.29. The van der Waals surface area contributed by atoms with Gasteiger partial charge in [0.25, 0.3) is 7.82 Å². The lowest BCUT2D eigenvalue weighted by atomic mass is 10.0. The van der Waals surface area contributed by atoms with Gasteiger partial charge in [0, 0.05) is 6.42 Å². The van der Waals surface area contributed by atoms with Crippen molar-refractivity contribution in [2.75, 3.05) is 40.9 Å². The molecule has 0 rings (SSSR count). The van der Waals surface area contributed by atoms with Gasteiger partial charge in [-0.1, -0.05) is 299 Å². The highest BCUT2D eigenvalue weighted by Gasteiger charge is 2.23. The first kappa shape index (κ1) is 74.9. The molecular weight excluding hydrogens is 972 g/mol. The monoisotopic (exact) mass is 1100 g/mol. The smallest absolute Gasteiger partial charge is 0.268 e. The summed E-state index contributed by atoms with van der Waals surface area (Å²) in [5.74, 6) is -0.207. The van der Waals surface area contributed by atoms with Crippen LogP contribution in [0.15, 0.2) is 72.9 Å². The number of allylic oxidation sites excluding steroid dienone is 11. The van der Waals surface area contributed by atoms with E-state index >= 15 is 0 Å². The van der Waals surface area contributed by atoms with E-state index in [4.69, 9.17) is 9.05 Å². The van der Waals surface area contributed by atoms with Gasteiger partial charge in [-0.25, -0.2) is 0 Å². The Morgan fingerprint density at radius 1 is 0.468 bits per heavy atom. The first-order valence-electron chi connectivity index (χ1n) is 32.8. The van der Waals surface area contributed by atoms with Crippen LogP contribution in [0.5, 0.6) is 0 Å². The van der Waals surface area contributed by atoms with Crippen molar-refractivity contribution in [1.29, 1.82) is 0 Å². The number of phosphoric acid groups is 1. The molecule has 0 aliphatic rings. The van der Waals surface area contributed by atoms with Crippen molar-refractivity contribution in [1.82, 2.24) is 5.32 Å². The number of likely N-dealkylation sites (N-methyl/N-ethyl adjacent to an activating group) is 1. The molecule has 2 N–H and O–H groups in total. The molecule has 1 amide bonds. The molecule has 450 valence electrons. The number of unbranched alkanes of at least 4 members (excludes halogenated alkanes) is 37. The van der Waals surface area contributed by atoms with Gasteiger partial charge in [0.15, 0.2) is 0 Å². The van der Waals surface area contributed by atoms with E-state index in [1.165, 1.54) is 218 Å². The largest absolute Gasteiger partial charge is 0.756 e. The van der Waals surface area contributed by atoms with Gasteiger partial charge < -0.3 is 28.8 Å². The Kier molecular flexibility index (Phi) is 57.0. The summed E-state index contributed by atoms with van der Waals surface area (Å²) in [6, 6.07) is -0.908. The van der Waals surface area contributed by atoms with Gasteiger partial charge in [0.2, 0.25) is 5.91 Å². The molecule has 0 aliphatic carbocycles. The molecule has 3 atom stereocenters. The number of quaternary nitrogens is 1. The fraction of sp³-hybridized carbons (Fsp3) is 0.809. The minimum absolute atomic E-state index is 0.00805. The lowest BCUT2D eigenvalue weighted by Crippen LogP contribution is -2.45. The van der Waals surface area contributed by atoms with Gasteiger partial charge in [-0.15, -0.1) is 0 Å². The van der Waals surface area contributed by atoms with Crippen LogP contribution in [0.25, 0.3) is 0 Å². The lowest BCUT2D eigenvalue weighted by molar-refractivity contribution is -0.870. The molecule has 0 heterocycles. The maximum absolute atomic E-state index is 13.0. The standard InChI is InChI=1S/C68H127N2O6P/c1-6-8-10-12-14-16-18-20-22-24-26-28-30-32-34-36-37-39-41-43-45-47-49-51-53-55-57-59-61-67(71)66(65-76-77(73,74)75-64-63-70(3,4)5)69-68(72)62-60-58-56-54-52-50-48-46-44-42-40-38-35-33-31-29-27-25-23-21-19-17-15-13-11-9-7-2/h9,11,15,17,21,23,27,29,51,53,59,61,66-67,71H,6-8,10,12-14,16,18-20,22,24-26,28,30-50,52,54-58,60,62-65H2,1-5H3,(H-,69,72,73,74)/b11-9-,17-15-,23-21-,29-27-,53-51+,61-59+. The first-order chi connectivity index (χ1) is 37.5. The molecule has 77 heavy (non-hydrogen) atoms. The molecule has 0 saturated heterocycles. The Morgan fingerprint density at radius 3 is 1.21 bits per heavy atom. The Labute approximate surface area is 478 Å². The summed E-state index contributed by atoms with van der Waals surface area (Å²) in [5, 5.41) is 13.9. The molecule has 0 bridgehead atoms. The van der Waals surface area contributed by atoms with Crippen LogP contribution in [-0.2, 0) is 18.4 Å². The van der Waals surface area contributed by atoms with Crippen LogP contribution in [0.2, 0.25) is 0 Å². The SMILES string of the molecule is CC/C=C\C/C=C\C/C=C\C/C=C\CCCCCCCCCCCCCCCCC(=O)NC(COP(=O)([O-])OCC[N+](C)(C)C)C(O)/C=C/CC/C=C/CCCCCCCCCCCCCCCCCCCCCCCC. The molecule has 0 aromatic heterocycles. The highest BCUT2D eigenvalue weighted by Crippen LogP contribution is 2.38. The molecule has 9 heteroatoms. The fourth-order valence-corrected chi connectivity index (χ4v) is 10.3. The van der Waals surface area contributed by atoms with E-state index < -0.39 is 26.6 Å². The predicted molar refractivity (Wildman–Crippen MR) is 334 cm³/mol. The van der Waals surface area contributed by atoms with Crippen LogP contribution < -0.4 is 10.2 Å². The average Bonchev–Trinajstić information content (AvgIpc) is 3.39. The third-order valence-electron chi connectivity index (χ3n) is 14.7. The zero-order valence-corrected chi connectivity index (χ0v) is 52.3. The molecule has 0 spiro atoms. The number of hydrogen-bond acceptors (Lipinski definition) is 6. The third-order valence-corrected chi connectivity index (χ3v) is 15.6. The van der Waals surface area contributed by atoms with Crippen molar-refractivity contribution < 1.29 is 32.9 Å². The summed E-state index contributed by atoms with van der Waals surface area (Å²) >= 11 is 0. The van der Waals surface area contributed by atoms with Crippen molar-refractivity contribution >= 4 is 13.7 Å². The van der Waals surface area contributed by atoms with E-state index in [0.29, 0.717) is 17.4 Å². The quantitative estimate of drug-likeness (QED) is 0.0272. The molecule has 0 radical (unpaired) electrons. The molecule has 0 saturated carbocycles. The first-order valence-corrected chi connectivity index (χ1v) is 34.3. The van der Waals surface area contributed by atoms with Gasteiger partial charge in [0.1, 0.15) is 13.2 Å². The number of carbonyl (C=O) groups is 1. The van der Waals surface area contributed by atoms with Gasteiger partial charge in [-0.05, 0) is 70.6 Å². The summed E-state index contributed by atoms with van der Waals surface area (Å²) in [7, 11) is 1.25. The summed E-state index contributed by atoms with van der Waals surface area (Å²) in [4.78, 5) is 25.6. The Morgan fingerprint density at radius 2 is 0.805 bits per heavy atom. The highest BCUT2D eigenvalue weighted by atomic mass is 31.2. The molecule has 8 nitrogen and oxygen atoms in total. The van der Waals surface area contributed by atoms with Crippen LogP contribution in [0.3, 0.4) is 0 Å². The van der Waals surface area contributed by atoms with E-state index in [1.807, 2.05) is 27.2 Å². The molecule has 0 aromatic rings. The topological polar surface area (TPSA) is 108 Å². The highest BCUT2D eigenvalue weighted by molar-refractivity contribution is 7.45. The maximum Gasteiger partial charge on any atom is 0.268 e. The second-order valence-corrected chi connectivity index (χ2v) is 24.8. The zero-order chi connectivity index (χ0) is 56.3. The van der Waals surface area contributed by atoms with Crippen LogP contribution in [0, 0.1) is 0 Å². The van der Waals surface area contributed by atoms with Crippen molar-refractivity contribution in [3.63, 3.8) is 0 Å². The second-order valence-electron chi connectivity index (χ2n) is 23.4. The van der Waals surface area contributed by atoms with Crippen molar-refractivity contribution in [3.8, 4) is 0 Å². The molecule has 0 fully saturated rings. The minimum Gasteiger partial charge on any atom is -0.756 e. The van der Waals surface area contributed by atoms with E-state index in [-0.39, 0.29) is 12.5 Å². The van der Waals surface area contributed by atoms with Crippen LogP contribution in [0.4, 0.5) is 0 Å². The van der Waals surface area contributed by atoms with Crippen molar-refractivity contribution in [2.45, 2.75) is 315 Å². The summed E-state index contributed by atoms with van der Waals surface area (Å²) in [6.45, 7) is 4.55. The number of nitrogens with zero attached hydrogens (tertiary/aromatic N) is 1. The van der Waals surface area contributed by atoms with E-state index in [9.17, 15) is 19.4 Å². The Hall–Kier alpha value is -2.06. The van der Waals surface area contributed by atoms with Crippen molar-refractivity contribution in [3.05, 3.63) is 72.9 Å². The maximum atomic E-state index is 13.0. The number of aliphatic hydroxyl groups excluding tert-OH is 1. The number of nitrogens with one attached hydrogen (secondary N) is 1. The molecular formula is C68H127N2O6P. The molecule has 3 unspecified atom stereocenters. The van der Waals surface area contributed by atoms with Gasteiger partial charge in [-0.3, -0.25) is 9.36 Å². The number of rotatable bonds is 60. The third kappa shape index (κ3) is 61.4. The summed E-state index contributed by atoms with van der Waals surface area (Å²) < 4.78 is 23.4. The fourth-order valence-electron chi connectivity index (χ4n) is 9.58. The van der Waals surface area contributed by atoms with Crippen LogP contribution in [0.1, 0.15) is 303 Å². The second kappa shape index (κ2) is 58.6. The number of phosphoric ester groups is 1. The predicted octanol–water partition coefficient (Wildman–Crippen LogP) is 20.0. The van der Waals surface area contributed by atoms with E-state index in [2.05, 4.69) is 79.9 Å². The minimum atomic E-state index is -4.61. The van der Waals surface area contributed by atoms with E-state index in [0.717, 1.165) is 64.2 Å². The number of carbonyl (C=O) groups excluding carboxylic acids is 1. The van der Waals surface area contributed by atoms with Gasteiger partial charge in [-0.2, -0.15) is 0 Å². The Balaban J connectivity index is 4.15. The van der Waals surface area contributed by atoms with Crippen LogP contribution in [-0.4, -0.2) is 68.5 Å².